The van der Waals surface area contributed by atoms with E-state index >= 15 is 0 Å². The lowest BCUT2D eigenvalue weighted by atomic mass is 10.1. The summed E-state index contributed by atoms with van der Waals surface area (Å²) in [5.74, 6) is -0.253. The standard InChI is InChI=1S/C20H22FN5O/c21-16-8-6-14(7-9-16)18(26-10-1-2-11-26)13-22-20(27)24-17-5-3-4-15-12-23-25-19(15)17/h3-9,12,18H,1-2,10-11,13H2,(H,23,25)(H2,22,24,27)/t18-/m0/s1. The summed E-state index contributed by atoms with van der Waals surface area (Å²) in [4.78, 5) is 14.8. The third kappa shape index (κ3) is 3.93. The van der Waals surface area contributed by atoms with Crippen LogP contribution in [0, 0.1) is 5.82 Å². The summed E-state index contributed by atoms with van der Waals surface area (Å²) in [5.41, 5.74) is 2.48. The van der Waals surface area contributed by atoms with Crippen molar-refractivity contribution in [1.29, 1.82) is 0 Å². The molecule has 1 aromatic heterocycles. The van der Waals surface area contributed by atoms with E-state index in [1.165, 1.54) is 12.1 Å². The molecule has 1 fully saturated rings. The maximum absolute atomic E-state index is 13.3. The monoisotopic (exact) mass is 367 g/mol. The first-order valence-electron chi connectivity index (χ1n) is 9.17. The van der Waals surface area contributed by atoms with Gasteiger partial charge in [-0.3, -0.25) is 10.00 Å². The highest BCUT2D eigenvalue weighted by Crippen LogP contribution is 2.25. The molecule has 0 bridgehead atoms. The molecular formula is C20H22FN5O. The van der Waals surface area contributed by atoms with Gasteiger partial charge in [-0.1, -0.05) is 24.3 Å². The number of urea groups is 1. The molecule has 2 amide bonds. The van der Waals surface area contributed by atoms with Crippen molar-refractivity contribution in [3.63, 3.8) is 0 Å². The van der Waals surface area contributed by atoms with Crippen molar-refractivity contribution in [1.82, 2.24) is 20.4 Å². The number of nitrogens with one attached hydrogen (secondary N) is 3. The predicted octanol–water partition coefficient (Wildman–Crippen LogP) is 3.66. The Kier molecular flexibility index (Phi) is 5.02. The molecule has 3 aromatic rings. The smallest absolute Gasteiger partial charge is 0.319 e. The number of hydrogen-bond acceptors (Lipinski definition) is 3. The van der Waals surface area contributed by atoms with Crippen molar-refractivity contribution < 1.29 is 9.18 Å². The Morgan fingerprint density at radius 3 is 2.74 bits per heavy atom. The zero-order valence-electron chi connectivity index (χ0n) is 14.9. The Bertz CT molecular complexity index is 918. The molecule has 4 rings (SSSR count). The molecule has 7 heteroatoms. The molecule has 3 N–H and O–H groups in total. The maximum atomic E-state index is 13.3. The molecule has 1 aliphatic heterocycles. The van der Waals surface area contributed by atoms with E-state index in [2.05, 4.69) is 25.7 Å². The summed E-state index contributed by atoms with van der Waals surface area (Å²) in [6.45, 7) is 2.42. The number of halogens is 1. The molecule has 1 saturated heterocycles. The fourth-order valence-corrected chi connectivity index (χ4v) is 3.62. The van der Waals surface area contributed by atoms with Gasteiger partial charge >= 0.3 is 6.03 Å². The second-order valence-corrected chi connectivity index (χ2v) is 6.79. The summed E-state index contributed by atoms with van der Waals surface area (Å²) in [7, 11) is 0. The number of carbonyl (C=O) groups excluding carboxylic acids is 1. The molecule has 27 heavy (non-hydrogen) atoms. The Labute approximate surface area is 156 Å². The molecule has 1 atom stereocenters. The van der Waals surface area contributed by atoms with Gasteiger partial charge in [0.15, 0.2) is 0 Å². The summed E-state index contributed by atoms with van der Waals surface area (Å²) in [6, 6.07) is 11.9. The first kappa shape index (κ1) is 17.5. The van der Waals surface area contributed by atoms with Gasteiger partial charge in [-0.05, 0) is 49.7 Å². The fraction of sp³-hybridized carbons (Fsp3) is 0.300. The summed E-state index contributed by atoms with van der Waals surface area (Å²) < 4.78 is 13.3. The van der Waals surface area contributed by atoms with Crippen LogP contribution in [0.4, 0.5) is 14.9 Å². The minimum atomic E-state index is -0.275. The van der Waals surface area contributed by atoms with Crippen molar-refractivity contribution >= 4 is 22.6 Å². The average Bonchev–Trinajstić information content (AvgIpc) is 3.35. The number of likely N-dealkylation sites (tertiary alicyclic amines) is 1. The van der Waals surface area contributed by atoms with E-state index < -0.39 is 0 Å². The average molecular weight is 367 g/mol. The number of para-hydroxylation sites is 1. The highest BCUT2D eigenvalue weighted by Gasteiger charge is 2.24. The number of fused-ring (bicyclic) bond motifs is 1. The highest BCUT2D eigenvalue weighted by molar-refractivity contribution is 5.99. The molecule has 0 aliphatic carbocycles. The summed E-state index contributed by atoms with van der Waals surface area (Å²) in [6.07, 6.45) is 4.01. The second kappa shape index (κ2) is 7.75. The van der Waals surface area contributed by atoms with Gasteiger partial charge < -0.3 is 10.6 Å². The van der Waals surface area contributed by atoms with E-state index in [0.717, 1.165) is 42.4 Å². The third-order valence-corrected chi connectivity index (χ3v) is 5.02. The van der Waals surface area contributed by atoms with Crippen LogP contribution in [-0.4, -0.2) is 40.8 Å². The van der Waals surface area contributed by atoms with E-state index in [4.69, 9.17) is 0 Å². The van der Waals surface area contributed by atoms with E-state index in [-0.39, 0.29) is 17.9 Å². The number of hydrogen-bond donors (Lipinski definition) is 3. The van der Waals surface area contributed by atoms with Gasteiger partial charge in [-0.25, -0.2) is 9.18 Å². The maximum Gasteiger partial charge on any atom is 0.319 e. The Morgan fingerprint density at radius 2 is 1.96 bits per heavy atom. The Morgan fingerprint density at radius 1 is 1.19 bits per heavy atom. The molecule has 2 aromatic carbocycles. The number of aromatic nitrogens is 2. The normalized spacial score (nSPS) is 15.7. The van der Waals surface area contributed by atoms with Gasteiger partial charge in [-0.2, -0.15) is 5.10 Å². The molecule has 6 nitrogen and oxygen atoms in total. The van der Waals surface area contributed by atoms with Crippen LogP contribution in [0.2, 0.25) is 0 Å². The molecule has 0 unspecified atom stereocenters. The van der Waals surface area contributed by atoms with Crippen LogP contribution in [0.25, 0.3) is 10.9 Å². The molecule has 2 heterocycles. The number of amides is 2. The number of aromatic amines is 1. The van der Waals surface area contributed by atoms with Crippen LogP contribution in [0.1, 0.15) is 24.4 Å². The van der Waals surface area contributed by atoms with E-state index in [0.29, 0.717) is 12.2 Å². The van der Waals surface area contributed by atoms with E-state index in [9.17, 15) is 9.18 Å². The number of carbonyl (C=O) groups is 1. The van der Waals surface area contributed by atoms with Gasteiger partial charge in [0, 0.05) is 11.9 Å². The van der Waals surface area contributed by atoms with Crippen molar-refractivity contribution in [2.24, 2.45) is 0 Å². The highest BCUT2D eigenvalue weighted by atomic mass is 19.1. The van der Waals surface area contributed by atoms with Crippen LogP contribution in [0.15, 0.2) is 48.7 Å². The number of rotatable bonds is 5. The zero-order valence-corrected chi connectivity index (χ0v) is 14.9. The summed E-state index contributed by atoms with van der Waals surface area (Å²) >= 11 is 0. The predicted molar refractivity (Wildman–Crippen MR) is 103 cm³/mol. The van der Waals surface area contributed by atoms with Gasteiger partial charge in [-0.15, -0.1) is 0 Å². The van der Waals surface area contributed by atoms with Crippen LogP contribution in [-0.2, 0) is 0 Å². The van der Waals surface area contributed by atoms with Crippen LogP contribution in [0.5, 0.6) is 0 Å². The first-order chi connectivity index (χ1) is 13.2. The van der Waals surface area contributed by atoms with Crippen molar-refractivity contribution in [2.75, 3.05) is 25.0 Å². The van der Waals surface area contributed by atoms with E-state index in [1.54, 1.807) is 18.3 Å². The number of H-pyrrole nitrogens is 1. The van der Waals surface area contributed by atoms with Gasteiger partial charge in [0.25, 0.3) is 0 Å². The Balaban J connectivity index is 1.44. The summed E-state index contributed by atoms with van der Waals surface area (Å²) in [5, 5.41) is 13.7. The van der Waals surface area contributed by atoms with Crippen LogP contribution in [0.3, 0.4) is 0 Å². The first-order valence-corrected chi connectivity index (χ1v) is 9.17. The number of anilines is 1. The van der Waals surface area contributed by atoms with Crippen LogP contribution >= 0.6 is 0 Å². The van der Waals surface area contributed by atoms with Crippen LogP contribution < -0.4 is 10.6 Å². The SMILES string of the molecule is O=C(NC[C@@H](c1ccc(F)cc1)N1CCCC1)Nc1cccc2cn[nH]c12. The molecular weight excluding hydrogens is 345 g/mol. The zero-order chi connectivity index (χ0) is 18.6. The second-order valence-electron chi connectivity index (χ2n) is 6.79. The molecule has 140 valence electrons. The number of nitrogens with zero attached hydrogens (tertiary/aromatic N) is 2. The van der Waals surface area contributed by atoms with Crippen molar-refractivity contribution in [3.05, 3.63) is 60.0 Å². The lowest BCUT2D eigenvalue weighted by Crippen LogP contribution is -2.38. The lowest BCUT2D eigenvalue weighted by molar-refractivity contribution is 0.227. The largest absolute Gasteiger partial charge is 0.336 e. The lowest BCUT2D eigenvalue weighted by Gasteiger charge is -2.28. The Hall–Kier alpha value is -2.93. The third-order valence-electron chi connectivity index (χ3n) is 5.02. The van der Waals surface area contributed by atoms with E-state index in [1.807, 2.05) is 18.2 Å². The topological polar surface area (TPSA) is 73.1 Å². The minimum Gasteiger partial charge on any atom is -0.336 e. The number of benzene rings is 2. The fourth-order valence-electron chi connectivity index (χ4n) is 3.62. The van der Waals surface area contributed by atoms with Gasteiger partial charge in [0.2, 0.25) is 0 Å². The molecule has 0 spiro atoms. The van der Waals surface area contributed by atoms with Gasteiger partial charge in [0.05, 0.1) is 23.4 Å². The quantitative estimate of drug-likeness (QED) is 0.644. The minimum absolute atomic E-state index is 0.0294. The molecule has 0 saturated carbocycles. The van der Waals surface area contributed by atoms with Crippen molar-refractivity contribution in [2.45, 2.75) is 18.9 Å². The molecule has 0 radical (unpaired) electrons. The molecule has 1 aliphatic rings. The van der Waals surface area contributed by atoms with Gasteiger partial charge in [0.1, 0.15) is 5.82 Å². The van der Waals surface area contributed by atoms with Crippen molar-refractivity contribution in [3.8, 4) is 0 Å².